The molecule has 1 N–H and O–H groups in total. The summed E-state index contributed by atoms with van der Waals surface area (Å²) in [5.74, 6) is -0.0611. The van der Waals surface area contributed by atoms with E-state index < -0.39 is 4.92 Å². The van der Waals surface area contributed by atoms with E-state index in [4.69, 9.17) is 5.26 Å². The van der Waals surface area contributed by atoms with Crippen LogP contribution >= 0.6 is 0 Å². The van der Waals surface area contributed by atoms with Gasteiger partial charge in [-0.3, -0.25) is 14.9 Å². The van der Waals surface area contributed by atoms with E-state index in [0.717, 1.165) is 0 Å². The summed E-state index contributed by atoms with van der Waals surface area (Å²) < 4.78 is 0. The van der Waals surface area contributed by atoms with Crippen LogP contribution in [0.2, 0.25) is 0 Å². The molecule has 0 bridgehead atoms. The average Bonchev–Trinajstić information content (AvgIpc) is 2.63. The Morgan fingerprint density at radius 1 is 1.20 bits per heavy atom. The summed E-state index contributed by atoms with van der Waals surface area (Å²) in [6.07, 6.45) is 0. The molecule has 0 aromatic heterocycles. The first-order valence-corrected chi connectivity index (χ1v) is 7.85. The SMILES string of the molecule is CCN(CC)C(=O)c1ccc(Nc2cc(C#N)ccc2[N+](=O)[O-])cc1. The van der Waals surface area contributed by atoms with Crippen LogP contribution in [0.3, 0.4) is 0 Å². The van der Waals surface area contributed by atoms with Crippen molar-refractivity contribution in [3.8, 4) is 6.07 Å². The maximum Gasteiger partial charge on any atom is 0.292 e. The highest BCUT2D eigenvalue weighted by atomic mass is 16.6. The van der Waals surface area contributed by atoms with Crippen molar-refractivity contribution in [1.82, 2.24) is 4.90 Å². The Kier molecular flexibility index (Phi) is 5.69. The second kappa shape index (κ2) is 7.93. The van der Waals surface area contributed by atoms with Crippen LogP contribution in [0.4, 0.5) is 17.1 Å². The number of rotatable bonds is 6. The Labute approximate surface area is 145 Å². The summed E-state index contributed by atoms with van der Waals surface area (Å²) in [4.78, 5) is 24.6. The van der Waals surface area contributed by atoms with Crippen LogP contribution in [-0.2, 0) is 0 Å². The van der Waals surface area contributed by atoms with E-state index in [1.165, 1.54) is 18.2 Å². The van der Waals surface area contributed by atoms with Gasteiger partial charge in [-0.2, -0.15) is 5.26 Å². The van der Waals surface area contributed by atoms with Gasteiger partial charge in [0, 0.05) is 30.4 Å². The zero-order valence-electron chi connectivity index (χ0n) is 14.0. The third-order valence-corrected chi connectivity index (χ3v) is 3.78. The van der Waals surface area contributed by atoms with E-state index in [0.29, 0.717) is 29.9 Å². The molecule has 128 valence electrons. The molecule has 0 atom stereocenters. The van der Waals surface area contributed by atoms with Crippen LogP contribution in [-0.4, -0.2) is 28.8 Å². The Hall–Kier alpha value is -3.40. The fraction of sp³-hybridized carbons (Fsp3) is 0.222. The zero-order chi connectivity index (χ0) is 18.4. The number of anilines is 2. The molecular weight excluding hydrogens is 320 g/mol. The van der Waals surface area contributed by atoms with Crippen LogP contribution in [0.5, 0.6) is 0 Å². The maximum absolute atomic E-state index is 12.3. The molecule has 7 nitrogen and oxygen atoms in total. The summed E-state index contributed by atoms with van der Waals surface area (Å²) in [5, 5.41) is 23.0. The van der Waals surface area contributed by atoms with Gasteiger partial charge in [0.25, 0.3) is 11.6 Å². The highest BCUT2D eigenvalue weighted by Crippen LogP contribution is 2.28. The van der Waals surface area contributed by atoms with Gasteiger partial charge < -0.3 is 10.2 Å². The number of nitriles is 1. The van der Waals surface area contributed by atoms with Gasteiger partial charge in [0.1, 0.15) is 5.69 Å². The molecule has 7 heteroatoms. The van der Waals surface area contributed by atoms with Gasteiger partial charge in [0.2, 0.25) is 0 Å². The van der Waals surface area contributed by atoms with Gasteiger partial charge in [-0.15, -0.1) is 0 Å². The number of nitrogens with one attached hydrogen (secondary N) is 1. The predicted molar refractivity (Wildman–Crippen MR) is 94.8 cm³/mol. The van der Waals surface area contributed by atoms with E-state index >= 15 is 0 Å². The number of nitro benzene ring substituents is 1. The van der Waals surface area contributed by atoms with Crippen molar-refractivity contribution in [3.05, 3.63) is 63.7 Å². The molecule has 0 aliphatic carbocycles. The molecule has 0 aliphatic rings. The van der Waals surface area contributed by atoms with E-state index in [1.807, 2.05) is 19.9 Å². The molecule has 0 saturated heterocycles. The first-order valence-electron chi connectivity index (χ1n) is 7.85. The predicted octanol–water partition coefficient (Wildman–Crippen LogP) is 3.69. The Bertz CT molecular complexity index is 821. The fourth-order valence-electron chi connectivity index (χ4n) is 2.41. The number of carbonyl (C=O) groups excluding carboxylic acids is 1. The normalized spacial score (nSPS) is 9.96. The Morgan fingerprint density at radius 3 is 2.36 bits per heavy atom. The number of hydrogen-bond donors (Lipinski definition) is 1. The van der Waals surface area contributed by atoms with Crippen molar-refractivity contribution in [1.29, 1.82) is 5.26 Å². The van der Waals surface area contributed by atoms with Crippen LogP contribution in [0, 0.1) is 21.4 Å². The number of nitro groups is 1. The number of carbonyl (C=O) groups is 1. The van der Waals surface area contributed by atoms with Gasteiger partial charge in [-0.25, -0.2) is 0 Å². The Morgan fingerprint density at radius 2 is 1.84 bits per heavy atom. The first kappa shape index (κ1) is 17.9. The lowest BCUT2D eigenvalue weighted by molar-refractivity contribution is -0.383. The average molecular weight is 338 g/mol. The minimum absolute atomic E-state index is 0.0611. The lowest BCUT2D eigenvalue weighted by Gasteiger charge is -2.18. The second-order valence-corrected chi connectivity index (χ2v) is 5.28. The van der Waals surface area contributed by atoms with Crippen LogP contribution in [0.15, 0.2) is 42.5 Å². The fourth-order valence-corrected chi connectivity index (χ4v) is 2.41. The molecule has 0 spiro atoms. The largest absolute Gasteiger partial charge is 0.350 e. The molecule has 0 radical (unpaired) electrons. The van der Waals surface area contributed by atoms with E-state index in [9.17, 15) is 14.9 Å². The van der Waals surface area contributed by atoms with Crippen LogP contribution < -0.4 is 5.32 Å². The van der Waals surface area contributed by atoms with Gasteiger partial charge in [0.15, 0.2) is 0 Å². The summed E-state index contributed by atoms with van der Waals surface area (Å²) >= 11 is 0. The monoisotopic (exact) mass is 338 g/mol. The van der Waals surface area contributed by atoms with Crippen molar-refractivity contribution < 1.29 is 9.72 Å². The van der Waals surface area contributed by atoms with Crippen molar-refractivity contribution in [2.45, 2.75) is 13.8 Å². The smallest absolute Gasteiger partial charge is 0.292 e. The third kappa shape index (κ3) is 4.12. The molecule has 25 heavy (non-hydrogen) atoms. The minimum atomic E-state index is -0.512. The number of amides is 1. The molecule has 2 aromatic carbocycles. The number of benzene rings is 2. The summed E-state index contributed by atoms with van der Waals surface area (Å²) in [5.41, 5.74) is 1.57. The van der Waals surface area contributed by atoms with Gasteiger partial charge in [-0.05, 0) is 50.2 Å². The van der Waals surface area contributed by atoms with Crippen molar-refractivity contribution in [2.75, 3.05) is 18.4 Å². The molecular formula is C18H18N4O3. The van der Waals surface area contributed by atoms with E-state index in [1.54, 1.807) is 29.2 Å². The summed E-state index contributed by atoms with van der Waals surface area (Å²) in [6.45, 7) is 5.09. The Balaban J connectivity index is 2.26. The molecule has 2 aromatic rings. The van der Waals surface area contributed by atoms with E-state index in [2.05, 4.69) is 5.32 Å². The van der Waals surface area contributed by atoms with Gasteiger partial charge in [-0.1, -0.05) is 0 Å². The first-order chi connectivity index (χ1) is 12.0. The topological polar surface area (TPSA) is 99.3 Å². The van der Waals surface area contributed by atoms with Crippen molar-refractivity contribution in [2.24, 2.45) is 0 Å². The van der Waals surface area contributed by atoms with Crippen LogP contribution in [0.1, 0.15) is 29.8 Å². The van der Waals surface area contributed by atoms with Gasteiger partial charge >= 0.3 is 0 Å². The quantitative estimate of drug-likeness (QED) is 0.639. The van der Waals surface area contributed by atoms with E-state index in [-0.39, 0.29) is 17.3 Å². The molecule has 0 unspecified atom stereocenters. The molecule has 0 fully saturated rings. The van der Waals surface area contributed by atoms with Crippen LogP contribution in [0.25, 0.3) is 0 Å². The molecule has 0 aliphatic heterocycles. The molecule has 1 amide bonds. The minimum Gasteiger partial charge on any atom is -0.350 e. The van der Waals surface area contributed by atoms with Crippen molar-refractivity contribution >= 4 is 23.0 Å². The summed E-state index contributed by atoms with van der Waals surface area (Å²) in [7, 11) is 0. The summed E-state index contributed by atoms with van der Waals surface area (Å²) in [6, 6.07) is 12.8. The lowest BCUT2D eigenvalue weighted by atomic mass is 10.1. The zero-order valence-corrected chi connectivity index (χ0v) is 14.0. The number of hydrogen-bond acceptors (Lipinski definition) is 5. The number of nitrogens with zero attached hydrogens (tertiary/aromatic N) is 3. The highest BCUT2D eigenvalue weighted by molar-refractivity contribution is 5.94. The second-order valence-electron chi connectivity index (χ2n) is 5.28. The standard InChI is InChI=1S/C18H18N4O3/c1-3-21(4-2)18(23)14-6-8-15(9-7-14)20-16-11-13(12-19)5-10-17(16)22(24)25/h5-11,20H,3-4H2,1-2H3. The third-order valence-electron chi connectivity index (χ3n) is 3.78. The molecule has 2 rings (SSSR count). The van der Waals surface area contributed by atoms with Gasteiger partial charge in [0.05, 0.1) is 16.6 Å². The molecule has 0 saturated carbocycles. The lowest BCUT2D eigenvalue weighted by Crippen LogP contribution is -2.30. The van der Waals surface area contributed by atoms with Crippen molar-refractivity contribution in [3.63, 3.8) is 0 Å². The maximum atomic E-state index is 12.3. The highest BCUT2D eigenvalue weighted by Gasteiger charge is 2.15. The molecule has 0 heterocycles.